The number of carbonyl (C=O) groups is 1. The Hall–Kier alpha value is -1.75. The first-order valence-electron chi connectivity index (χ1n) is 6.86. The van der Waals surface area contributed by atoms with Gasteiger partial charge >= 0.3 is 0 Å². The van der Waals surface area contributed by atoms with E-state index in [4.69, 9.17) is 15.2 Å². The second kappa shape index (κ2) is 8.43. The van der Waals surface area contributed by atoms with Gasteiger partial charge in [-0.25, -0.2) is 0 Å². The normalized spacial score (nSPS) is 11.8. The molecule has 1 aromatic rings. The lowest BCUT2D eigenvalue weighted by Gasteiger charge is -2.13. The average Bonchev–Trinajstić information content (AvgIpc) is 2.49. The largest absolute Gasteiger partial charge is 0.493 e. The highest BCUT2D eigenvalue weighted by Gasteiger charge is 2.12. The Balaban J connectivity index is 2.55. The number of amides is 1. The minimum absolute atomic E-state index is 0.117. The van der Waals surface area contributed by atoms with E-state index in [1.165, 1.54) is 0 Å². The predicted molar refractivity (Wildman–Crippen MR) is 78.9 cm³/mol. The van der Waals surface area contributed by atoms with Crippen LogP contribution in [-0.4, -0.2) is 26.2 Å². The van der Waals surface area contributed by atoms with Crippen molar-refractivity contribution in [2.24, 2.45) is 5.73 Å². The molecular weight excluding hydrogens is 256 g/mol. The Morgan fingerprint density at radius 2 is 2.00 bits per heavy atom. The summed E-state index contributed by atoms with van der Waals surface area (Å²) in [7, 11) is 3.17. The summed E-state index contributed by atoms with van der Waals surface area (Å²) in [6.45, 7) is 2.51. The molecule has 0 radical (unpaired) electrons. The van der Waals surface area contributed by atoms with E-state index in [-0.39, 0.29) is 5.91 Å². The second-order valence-electron chi connectivity index (χ2n) is 4.66. The van der Waals surface area contributed by atoms with Gasteiger partial charge in [0.2, 0.25) is 5.91 Å². The molecule has 0 heterocycles. The fraction of sp³-hybridized carbons (Fsp3) is 0.533. The van der Waals surface area contributed by atoms with Gasteiger partial charge in [-0.3, -0.25) is 4.79 Å². The maximum atomic E-state index is 11.8. The number of carbonyl (C=O) groups excluding carboxylic acids is 1. The molecule has 5 nitrogen and oxygen atoms in total. The first kappa shape index (κ1) is 16.3. The summed E-state index contributed by atoms with van der Waals surface area (Å²) in [6.07, 6.45) is 2.72. The van der Waals surface area contributed by atoms with Crippen LogP contribution in [0.1, 0.15) is 31.7 Å². The molecule has 0 aliphatic heterocycles. The number of hydrogen-bond acceptors (Lipinski definition) is 4. The van der Waals surface area contributed by atoms with Gasteiger partial charge < -0.3 is 20.5 Å². The molecule has 0 saturated carbocycles. The first-order chi connectivity index (χ1) is 9.62. The molecule has 0 aliphatic carbocycles. The molecule has 1 unspecified atom stereocenters. The molecule has 0 spiro atoms. The summed E-state index contributed by atoms with van der Waals surface area (Å²) in [5.74, 6) is 1.20. The third kappa shape index (κ3) is 4.74. The average molecular weight is 280 g/mol. The van der Waals surface area contributed by atoms with Gasteiger partial charge in [0, 0.05) is 6.54 Å². The second-order valence-corrected chi connectivity index (χ2v) is 4.66. The van der Waals surface area contributed by atoms with E-state index in [1.807, 2.05) is 18.2 Å². The number of nitrogens with two attached hydrogens (primary N) is 1. The van der Waals surface area contributed by atoms with Gasteiger partial charge in [-0.2, -0.15) is 0 Å². The van der Waals surface area contributed by atoms with E-state index in [0.29, 0.717) is 24.5 Å². The fourth-order valence-corrected chi connectivity index (χ4v) is 1.87. The Kier molecular flexibility index (Phi) is 6.87. The van der Waals surface area contributed by atoms with E-state index in [2.05, 4.69) is 12.2 Å². The van der Waals surface area contributed by atoms with E-state index in [0.717, 1.165) is 18.4 Å². The number of unbranched alkanes of at least 4 members (excludes halogenated alkanes) is 1. The lowest BCUT2D eigenvalue weighted by Crippen LogP contribution is -2.40. The highest BCUT2D eigenvalue weighted by molar-refractivity contribution is 5.81. The van der Waals surface area contributed by atoms with Crippen molar-refractivity contribution >= 4 is 5.91 Å². The van der Waals surface area contributed by atoms with Crippen LogP contribution in [0, 0.1) is 0 Å². The maximum absolute atomic E-state index is 11.8. The maximum Gasteiger partial charge on any atom is 0.237 e. The van der Waals surface area contributed by atoms with Crippen molar-refractivity contribution in [3.8, 4) is 11.5 Å². The van der Waals surface area contributed by atoms with Gasteiger partial charge in [0.05, 0.1) is 20.3 Å². The van der Waals surface area contributed by atoms with Crippen molar-refractivity contribution in [2.75, 3.05) is 14.2 Å². The van der Waals surface area contributed by atoms with Crippen LogP contribution in [0.3, 0.4) is 0 Å². The van der Waals surface area contributed by atoms with Crippen molar-refractivity contribution in [1.82, 2.24) is 5.32 Å². The quantitative estimate of drug-likeness (QED) is 0.762. The lowest BCUT2D eigenvalue weighted by atomic mass is 10.1. The van der Waals surface area contributed by atoms with Crippen LogP contribution < -0.4 is 20.5 Å². The smallest absolute Gasteiger partial charge is 0.237 e. The molecule has 20 heavy (non-hydrogen) atoms. The minimum Gasteiger partial charge on any atom is -0.493 e. The predicted octanol–water partition coefficient (Wildman–Crippen LogP) is 1.84. The van der Waals surface area contributed by atoms with Crippen molar-refractivity contribution in [2.45, 2.75) is 38.8 Å². The summed E-state index contributed by atoms with van der Waals surface area (Å²) in [6, 6.07) is 5.11. The topological polar surface area (TPSA) is 73.6 Å². The molecule has 1 atom stereocenters. The molecule has 0 bridgehead atoms. The van der Waals surface area contributed by atoms with Gasteiger partial charge in [0.25, 0.3) is 0 Å². The van der Waals surface area contributed by atoms with Crippen LogP contribution >= 0.6 is 0 Å². The number of benzene rings is 1. The van der Waals surface area contributed by atoms with Gasteiger partial charge in [0.15, 0.2) is 11.5 Å². The molecule has 1 aromatic carbocycles. The number of methoxy groups -OCH3 is 2. The Morgan fingerprint density at radius 3 is 2.60 bits per heavy atom. The van der Waals surface area contributed by atoms with Crippen LogP contribution in [0.15, 0.2) is 18.2 Å². The van der Waals surface area contributed by atoms with E-state index in [1.54, 1.807) is 14.2 Å². The summed E-state index contributed by atoms with van der Waals surface area (Å²) < 4.78 is 10.4. The van der Waals surface area contributed by atoms with Crippen LogP contribution in [0.5, 0.6) is 11.5 Å². The van der Waals surface area contributed by atoms with Gasteiger partial charge in [-0.05, 0) is 24.1 Å². The number of nitrogens with one attached hydrogen (secondary N) is 1. The molecule has 0 fully saturated rings. The number of ether oxygens (including phenoxy) is 2. The Bertz CT molecular complexity index is 435. The highest BCUT2D eigenvalue weighted by atomic mass is 16.5. The number of rotatable bonds is 8. The van der Waals surface area contributed by atoms with E-state index >= 15 is 0 Å². The first-order valence-corrected chi connectivity index (χ1v) is 6.86. The molecule has 0 saturated heterocycles. The summed E-state index contributed by atoms with van der Waals surface area (Å²) in [4.78, 5) is 11.8. The molecule has 112 valence electrons. The monoisotopic (exact) mass is 280 g/mol. The van der Waals surface area contributed by atoms with Crippen molar-refractivity contribution in [3.63, 3.8) is 0 Å². The van der Waals surface area contributed by atoms with Crippen molar-refractivity contribution in [1.29, 1.82) is 0 Å². The van der Waals surface area contributed by atoms with Crippen molar-refractivity contribution < 1.29 is 14.3 Å². The molecule has 5 heteroatoms. The fourth-order valence-electron chi connectivity index (χ4n) is 1.87. The van der Waals surface area contributed by atoms with E-state index < -0.39 is 6.04 Å². The molecule has 0 aliphatic rings. The van der Waals surface area contributed by atoms with Gasteiger partial charge in [-0.1, -0.05) is 25.8 Å². The van der Waals surface area contributed by atoms with Crippen LogP contribution in [0.2, 0.25) is 0 Å². The lowest BCUT2D eigenvalue weighted by molar-refractivity contribution is -0.122. The summed E-state index contributed by atoms with van der Waals surface area (Å²) >= 11 is 0. The Labute approximate surface area is 120 Å². The molecule has 0 aromatic heterocycles. The third-order valence-electron chi connectivity index (χ3n) is 3.12. The molecule has 1 amide bonds. The SMILES string of the molecule is CCCCC(N)C(=O)NCc1ccc(OC)c(OC)c1. The van der Waals surface area contributed by atoms with Crippen molar-refractivity contribution in [3.05, 3.63) is 23.8 Å². The van der Waals surface area contributed by atoms with Crippen LogP contribution in [0.4, 0.5) is 0 Å². The third-order valence-corrected chi connectivity index (χ3v) is 3.12. The van der Waals surface area contributed by atoms with Gasteiger partial charge in [0.1, 0.15) is 0 Å². The minimum atomic E-state index is -0.435. The zero-order chi connectivity index (χ0) is 15.0. The molecule has 3 N–H and O–H groups in total. The highest BCUT2D eigenvalue weighted by Crippen LogP contribution is 2.27. The summed E-state index contributed by atoms with van der Waals surface area (Å²) in [5.41, 5.74) is 6.76. The number of hydrogen-bond donors (Lipinski definition) is 2. The Morgan fingerprint density at radius 1 is 1.30 bits per heavy atom. The van der Waals surface area contributed by atoms with Crippen LogP contribution in [-0.2, 0) is 11.3 Å². The van der Waals surface area contributed by atoms with Gasteiger partial charge in [-0.15, -0.1) is 0 Å². The summed E-state index contributed by atoms with van der Waals surface area (Å²) in [5, 5.41) is 2.84. The standard InChI is InChI=1S/C15H24N2O3/c1-4-5-6-12(16)15(18)17-10-11-7-8-13(19-2)14(9-11)20-3/h7-9,12H,4-6,10,16H2,1-3H3,(H,17,18). The van der Waals surface area contributed by atoms with E-state index in [9.17, 15) is 4.79 Å². The zero-order valence-corrected chi connectivity index (χ0v) is 12.4. The van der Waals surface area contributed by atoms with Crippen LogP contribution in [0.25, 0.3) is 0 Å². The molecular formula is C15H24N2O3. The molecule has 1 rings (SSSR count). The zero-order valence-electron chi connectivity index (χ0n) is 12.4.